The highest BCUT2D eigenvalue weighted by Crippen LogP contribution is 2.64. The van der Waals surface area contributed by atoms with Gasteiger partial charge in [0.25, 0.3) is 0 Å². The Balaban J connectivity index is 1.76. The Morgan fingerprint density at radius 3 is 2.82 bits per heavy atom. The van der Waals surface area contributed by atoms with Crippen molar-refractivity contribution in [2.24, 2.45) is 11.8 Å². The predicted molar refractivity (Wildman–Crippen MR) is 93.0 cm³/mol. The van der Waals surface area contributed by atoms with Crippen molar-refractivity contribution >= 4 is 40.1 Å². The van der Waals surface area contributed by atoms with Crippen LogP contribution in [0.3, 0.4) is 0 Å². The van der Waals surface area contributed by atoms with E-state index >= 15 is 0 Å². The molecule has 2 fully saturated rings. The lowest BCUT2D eigenvalue weighted by Gasteiger charge is -2.29. The summed E-state index contributed by atoms with van der Waals surface area (Å²) in [7, 11) is 1.74. The maximum atomic E-state index is 11.7. The molecule has 0 aliphatic heterocycles. The molecule has 1 amide bonds. The summed E-state index contributed by atoms with van der Waals surface area (Å²) >= 11 is 7.85. The quantitative estimate of drug-likeness (QED) is 0.580. The molecule has 0 bridgehead atoms. The van der Waals surface area contributed by atoms with E-state index in [1.807, 2.05) is 0 Å². The number of nitrogens with zero attached hydrogens (tertiary/aromatic N) is 3. The van der Waals surface area contributed by atoms with Crippen LogP contribution in [-0.4, -0.2) is 50.8 Å². The predicted octanol–water partition coefficient (Wildman–Crippen LogP) is 2.23. The van der Waals surface area contributed by atoms with Crippen molar-refractivity contribution in [2.45, 2.75) is 44.4 Å². The number of hydrogen-bond acceptors (Lipinski definition) is 3. The van der Waals surface area contributed by atoms with Crippen molar-refractivity contribution in [2.75, 3.05) is 12.9 Å². The average molecular weight is 438 g/mol. The van der Waals surface area contributed by atoms with Crippen LogP contribution in [0.4, 0.5) is 0 Å². The Kier molecular flexibility index (Phi) is 4.46. The number of carbonyl (C=O) groups is 1. The van der Waals surface area contributed by atoms with Crippen molar-refractivity contribution in [3.8, 4) is 0 Å². The lowest BCUT2D eigenvalue weighted by atomic mass is 10.0. The Labute approximate surface area is 149 Å². The minimum atomic E-state index is -0.472. The zero-order valence-corrected chi connectivity index (χ0v) is 15.8. The number of alkyl halides is 1. The minimum absolute atomic E-state index is 0.0310. The van der Waals surface area contributed by atoms with Crippen LogP contribution in [0.2, 0.25) is 0 Å². The number of amides is 1. The lowest BCUT2D eigenvalue weighted by Crippen LogP contribution is -2.44. The first-order chi connectivity index (χ1) is 10.4. The highest BCUT2D eigenvalue weighted by atomic mass is 127. The summed E-state index contributed by atoms with van der Waals surface area (Å²) in [6.45, 7) is 4.24. The van der Waals surface area contributed by atoms with Gasteiger partial charge in [-0.05, 0) is 60.8 Å². The van der Waals surface area contributed by atoms with Gasteiger partial charge < -0.3 is 10.0 Å². The van der Waals surface area contributed by atoms with Gasteiger partial charge in [0.05, 0.1) is 12.1 Å². The summed E-state index contributed by atoms with van der Waals surface area (Å²) in [6, 6.07) is 2.33. The average Bonchev–Trinajstić information content (AvgIpc) is 2.89. The fourth-order valence-electron chi connectivity index (χ4n) is 3.97. The highest BCUT2D eigenvalue weighted by molar-refractivity contribution is 14.1. The van der Waals surface area contributed by atoms with Crippen molar-refractivity contribution in [3.05, 3.63) is 15.5 Å². The first-order valence-electron chi connectivity index (χ1n) is 7.61. The minimum Gasteiger partial charge on any atom is -0.391 e. The Morgan fingerprint density at radius 1 is 1.64 bits per heavy atom. The summed E-state index contributed by atoms with van der Waals surface area (Å²) in [5.41, 5.74) is 1.22. The van der Waals surface area contributed by atoms with E-state index in [2.05, 4.69) is 52.3 Å². The smallest absolute Gasteiger partial charge is 0.237 e. The number of halogens is 2. The van der Waals surface area contributed by atoms with Crippen LogP contribution in [0.1, 0.15) is 37.9 Å². The van der Waals surface area contributed by atoms with Crippen LogP contribution in [0.15, 0.2) is 6.07 Å². The normalized spacial score (nSPS) is 33.1. The van der Waals surface area contributed by atoms with Gasteiger partial charge in [0.1, 0.15) is 9.58 Å². The van der Waals surface area contributed by atoms with E-state index in [0.717, 1.165) is 10.1 Å². The SMILES string of the molecule is CC(C)n1nc(I)cc1[C@@H]1[C@H]2CC(N(C)C(=O)CCl)C(O)[C@H]21. The second-order valence-corrected chi connectivity index (χ2v) is 8.00. The Hall–Kier alpha value is -0.340. The Bertz CT molecular complexity index is 591. The van der Waals surface area contributed by atoms with Crippen molar-refractivity contribution in [1.82, 2.24) is 14.7 Å². The number of likely N-dealkylation sites (N-methyl/N-ethyl adjacent to an activating group) is 1. The molecule has 1 heterocycles. The number of hydrogen-bond donors (Lipinski definition) is 1. The van der Waals surface area contributed by atoms with Crippen LogP contribution in [-0.2, 0) is 4.79 Å². The molecule has 0 saturated heterocycles. The van der Waals surface area contributed by atoms with E-state index in [1.54, 1.807) is 11.9 Å². The molecule has 3 rings (SSSR count). The first kappa shape index (κ1) is 16.5. The van der Waals surface area contributed by atoms with Crippen molar-refractivity contribution in [3.63, 3.8) is 0 Å². The number of fused-ring (bicyclic) bond motifs is 1. The maximum absolute atomic E-state index is 11.7. The largest absolute Gasteiger partial charge is 0.391 e. The third-order valence-corrected chi connectivity index (χ3v) is 5.86. The molecule has 5 atom stereocenters. The second-order valence-electron chi connectivity index (χ2n) is 6.63. The molecular weight excluding hydrogens is 417 g/mol. The summed E-state index contributed by atoms with van der Waals surface area (Å²) in [6.07, 6.45) is 0.371. The molecule has 1 N–H and O–H groups in total. The zero-order valence-electron chi connectivity index (χ0n) is 12.9. The zero-order chi connectivity index (χ0) is 16.2. The van der Waals surface area contributed by atoms with Crippen LogP contribution < -0.4 is 0 Å². The van der Waals surface area contributed by atoms with Crippen molar-refractivity contribution < 1.29 is 9.90 Å². The van der Waals surface area contributed by atoms with Crippen molar-refractivity contribution in [1.29, 1.82) is 0 Å². The van der Waals surface area contributed by atoms with Crippen LogP contribution in [0.25, 0.3) is 0 Å². The first-order valence-corrected chi connectivity index (χ1v) is 9.22. The van der Waals surface area contributed by atoms with Gasteiger partial charge in [-0.3, -0.25) is 9.48 Å². The third-order valence-electron chi connectivity index (χ3n) is 5.10. The number of aliphatic hydroxyl groups excluding tert-OH is 1. The van der Waals surface area contributed by atoms with E-state index in [-0.39, 0.29) is 23.7 Å². The molecule has 2 aliphatic rings. The van der Waals surface area contributed by atoms with Gasteiger partial charge in [0.15, 0.2) is 0 Å². The molecular formula is C15H21ClIN3O2. The molecule has 1 aromatic rings. The van der Waals surface area contributed by atoms with Crippen LogP contribution in [0.5, 0.6) is 0 Å². The van der Waals surface area contributed by atoms with Gasteiger partial charge in [0, 0.05) is 24.7 Å². The molecule has 7 heteroatoms. The van der Waals surface area contributed by atoms with E-state index in [4.69, 9.17) is 11.6 Å². The summed E-state index contributed by atoms with van der Waals surface area (Å²) < 4.78 is 3.06. The van der Waals surface area contributed by atoms with Gasteiger partial charge in [-0.25, -0.2) is 0 Å². The topological polar surface area (TPSA) is 58.4 Å². The number of rotatable bonds is 4. The van der Waals surface area contributed by atoms with E-state index in [9.17, 15) is 9.90 Å². The second kappa shape index (κ2) is 5.94. The number of carbonyl (C=O) groups excluding carboxylic acids is 1. The van der Waals surface area contributed by atoms with Crippen LogP contribution >= 0.6 is 34.2 Å². The molecule has 5 nitrogen and oxygen atoms in total. The maximum Gasteiger partial charge on any atom is 0.237 e. The summed E-state index contributed by atoms with van der Waals surface area (Å²) in [5.74, 6) is 0.891. The Morgan fingerprint density at radius 2 is 2.32 bits per heavy atom. The van der Waals surface area contributed by atoms with E-state index in [1.165, 1.54) is 5.69 Å². The molecule has 22 heavy (non-hydrogen) atoms. The molecule has 0 radical (unpaired) electrons. The third kappa shape index (κ3) is 2.57. The standard InChI is InChI=1S/C15H21ClIN3O2/c1-7(2)20-9(5-11(17)18-20)13-8-4-10(15(22)14(8)13)19(3)12(21)6-16/h5,7-8,10,13-15,22H,4,6H2,1-3H3/t8-,10?,13+,14-,15?/m1/s1. The molecule has 2 aliphatic carbocycles. The number of aliphatic hydroxyl groups is 1. The molecule has 2 unspecified atom stereocenters. The molecule has 122 valence electrons. The van der Waals surface area contributed by atoms with Gasteiger partial charge in [0.2, 0.25) is 5.91 Å². The summed E-state index contributed by atoms with van der Waals surface area (Å²) in [5, 5.41) is 15.2. The lowest BCUT2D eigenvalue weighted by molar-refractivity contribution is -0.131. The fraction of sp³-hybridized carbons (Fsp3) is 0.733. The van der Waals surface area contributed by atoms with Gasteiger partial charge in [-0.2, -0.15) is 5.10 Å². The van der Waals surface area contributed by atoms with Crippen LogP contribution in [0, 0.1) is 15.5 Å². The fourth-order valence-corrected chi connectivity index (χ4v) is 4.71. The van der Waals surface area contributed by atoms with Gasteiger partial charge in [-0.1, -0.05) is 0 Å². The van der Waals surface area contributed by atoms with E-state index in [0.29, 0.717) is 17.9 Å². The number of aromatic nitrogens is 2. The van der Waals surface area contributed by atoms with Gasteiger partial charge in [-0.15, -0.1) is 11.6 Å². The molecule has 0 aromatic carbocycles. The molecule has 2 saturated carbocycles. The monoisotopic (exact) mass is 437 g/mol. The summed E-state index contributed by atoms with van der Waals surface area (Å²) in [4.78, 5) is 13.3. The van der Waals surface area contributed by atoms with Gasteiger partial charge >= 0.3 is 0 Å². The molecule has 1 aromatic heterocycles. The highest BCUT2D eigenvalue weighted by Gasteiger charge is 2.64. The molecule has 0 spiro atoms. The van der Waals surface area contributed by atoms with E-state index < -0.39 is 6.10 Å².